The number of carbonyl (C=O) groups excluding carboxylic acids is 1. The Kier molecular flexibility index (Phi) is 4.84. The first kappa shape index (κ1) is 18.9. The molecule has 1 atom stereocenters. The number of nitrogens with zero attached hydrogens (tertiary/aromatic N) is 3. The van der Waals surface area contributed by atoms with Crippen LogP contribution in [0, 0.1) is 0 Å². The van der Waals surface area contributed by atoms with E-state index < -0.39 is 12.0 Å². The molecule has 0 aliphatic carbocycles. The quantitative estimate of drug-likeness (QED) is 0.485. The number of amides is 1. The summed E-state index contributed by atoms with van der Waals surface area (Å²) in [6.45, 7) is 0.517. The van der Waals surface area contributed by atoms with Crippen LogP contribution in [0.2, 0.25) is 0 Å². The Labute approximate surface area is 178 Å². The molecule has 0 bridgehead atoms. The first-order valence-corrected chi connectivity index (χ1v) is 9.89. The number of carbonyl (C=O) groups is 1. The Morgan fingerprint density at radius 1 is 0.968 bits per heavy atom. The second-order valence-corrected chi connectivity index (χ2v) is 7.16. The average Bonchev–Trinajstić information content (AvgIpc) is 3.08. The summed E-state index contributed by atoms with van der Waals surface area (Å²) in [5.41, 5.74) is 2.08. The minimum Gasteiger partial charge on any atom is -0.493 e. The van der Waals surface area contributed by atoms with Crippen LogP contribution in [0.25, 0.3) is 10.9 Å². The third kappa shape index (κ3) is 3.61. The van der Waals surface area contributed by atoms with Crippen molar-refractivity contribution >= 4 is 22.5 Å². The third-order valence-electron chi connectivity index (χ3n) is 5.13. The van der Waals surface area contributed by atoms with Gasteiger partial charge in [-0.15, -0.1) is 10.2 Å². The predicted molar refractivity (Wildman–Crippen MR) is 115 cm³/mol. The Morgan fingerprint density at radius 3 is 2.52 bits per heavy atom. The van der Waals surface area contributed by atoms with E-state index in [0.717, 1.165) is 11.1 Å². The highest BCUT2D eigenvalue weighted by molar-refractivity contribution is 5.95. The van der Waals surface area contributed by atoms with Crippen molar-refractivity contribution in [2.24, 2.45) is 10.2 Å². The van der Waals surface area contributed by atoms with Crippen LogP contribution in [0.4, 0.5) is 5.69 Å². The molecule has 0 saturated carbocycles. The van der Waals surface area contributed by atoms with Crippen LogP contribution in [0.1, 0.15) is 5.56 Å². The molecule has 0 saturated heterocycles. The molecule has 7 heteroatoms. The molecule has 0 fully saturated rings. The van der Waals surface area contributed by atoms with E-state index in [1.165, 1.54) is 0 Å². The zero-order chi connectivity index (χ0) is 21.2. The summed E-state index contributed by atoms with van der Waals surface area (Å²) in [6.07, 6.45) is -0.890. The van der Waals surface area contributed by atoms with E-state index in [0.29, 0.717) is 23.4 Å². The van der Waals surface area contributed by atoms with Gasteiger partial charge in [0.25, 0.3) is 0 Å². The summed E-state index contributed by atoms with van der Waals surface area (Å²) < 4.78 is 13.0. The fourth-order valence-corrected chi connectivity index (χ4v) is 3.60. The number of ether oxygens (including phenoxy) is 2. The van der Waals surface area contributed by atoms with E-state index >= 15 is 0 Å². The van der Waals surface area contributed by atoms with Crippen LogP contribution < -0.4 is 9.47 Å². The van der Waals surface area contributed by atoms with Gasteiger partial charge in [-0.05, 0) is 23.8 Å². The third-order valence-corrected chi connectivity index (χ3v) is 5.13. The lowest BCUT2D eigenvalue weighted by Crippen LogP contribution is -2.35. The van der Waals surface area contributed by atoms with Crippen molar-refractivity contribution < 1.29 is 19.4 Å². The second-order valence-electron chi connectivity index (χ2n) is 7.16. The normalized spacial score (nSPS) is 15.4. The monoisotopic (exact) mass is 413 g/mol. The van der Waals surface area contributed by atoms with Crippen molar-refractivity contribution in [1.82, 2.24) is 4.57 Å². The summed E-state index contributed by atoms with van der Waals surface area (Å²) in [4.78, 5) is 12.6. The van der Waals surface area contributed by atoms with Gasteiger partial charge in [0.2, 0.25) is 12.0 Å². The number of aromatic nitrogens is 1. The number of hydrogen-bond donors (Lipinski definition) is 1. The van der Waals surface area contributed by atoms with Gasteiger partial charge in [0.05, 0.1) is 12.1 Å². The smallest absolute Gasteiger partial charge is 0.308 e. The Balaban J connectivity index is 1.43. The van der Waals surface area contributed by atoms with Crippen LogP contribution in [-0.2, 0) is 11.3 Å². The molecule has 1 amide bonds. The van der Waals surface area contributed by atoms with Crippen molar-refractivity contribution in [3.05, 3.63) is 84.4 Å². The van der Waals surface area contributed by atoms with Gasteiger partial charge < -0.3 is 19.1 Å². The molecule has 31 heavy (non-hydrogen) atoms. The molecule has 1 N–H and O–H groups in total. The molecule has 0 unspecified atom stereocenters. The van der Waals surface area contributed by atoms with Crippen LogP contribution in [0.3, 0.4) is 0 Å². The largest absolute Gasteiger partial charge is 0.493 e. The molecule has 3 aromatic carbocycles. The van der Waals surface area contributed by atoms with Gasteiger partial charge in [-0.2, -0.15) is 0 Å². The van der Waals surface area contributed by atoms with E-state index in [2.05, 4.69) is 10.2 Å². The molecule has 1 aromatic heterocycles. The van der Waals surface area contributed by atoms with Crippen molar-refractivity contribution in [1.29, 1.82) is 0 Å². The van der Waals surface area contributed by atoms with Gasteiger partial charge in [-0.25, -0.2) is 0 Å². The standard InChI is InChI=1S/C24H19N3O4/c28-23(21-15-30-19-12-6-7-13-20(19)31-21)26-25-22-17-10-4-5-11-18(17)27(24(22)29)14-16-8-2-1-3-9-16/h1-13,21,29H,14-15H2/t21-/m0/s1. The van der Waals surface area contributed by atoms with Crippen molar-refractivity contribution in [2.75, 3.05) is 6.61 Å². The highest BCUT2D eigenvalue weighted by atomic mass is 16.6. The van der Waals surface area contributed by atoms with E-state index in [1.807, 2.05) is 60.7 Å². The zero-order valence-electron chi connectivity index (χ0n) is 16.5. The maximum atomic E-state index is 12.6. The van der Waals surface area contributed by atoms with Crippen LogP contribution in [0.15, 0.2) is 89.1 Å². The lowest BCUT2D eigenvalue weighted by atomic mass is 10.2. The highest BCUT2D eigenvalue weighted by Crippen LogP contribution is 2.39. The van der Waals surface area contributed by atoms with E-state index in [-0.39, 0.29) is 18.2 Å². The lowest BCUT2D eigenvalue weighted by Gasteiger charge is -2.23. The maximum Gasteiger partial charge on any atom is 0.308 e. The van der Waals surface area contributed by atoms with Gasteiger partial charge in [0.1, 0.15) is 6.61 Å². The molecule has 5 rings (SSSR count). The summed E-state index contributed by atoms with van der Waals surface area (Å²) >= 11 is 0. The van der Waals surface area contributed by atoms with Crippen molar-refractivity contribution in [2.45, 2.75) is 12.6 Å². The SMILES string of the molecule is O=C(N=Nc1c(O)n(Cc2ccccc2)c2ccccc12)[C@@H]1COc2ccccc2O1. The number of azo groups is 1. The van der Waals surface area contributed by atoms with E-state index in [4.69, 9.17) is 9.47 Å². The first-order valence-electron chi connectivity index (χ1n) is 9.89. The molecular weight excluding hydrogens is 394 g/mol. The Bertz CT molecular complexity index is 1280. The molecule has 0 spiro atoms. The number of para-hydroxylation sites is 3. The van der Waals surface area contributed by atoms with Gasteiger partial charge in [0, 0.05) is 5.39 Å². The maximum absolute atomic E-state index is 12.6. The van der Waals surface area contributed by atoms with E-state index in [1.54, 1.807) is 22.8 Å². The summed E-state index contributed by atoms with van der Waals surface area (Å²) in [5, 5.41) is 19.5. The van der Waals surface area contributed by atoms with Crippen LogP contribution in [-0.4, -0.2) is 28.3 Å². The molecule has 2 heterocycles. The van der Waals surface area contributed by atoms with Crippen molar-refractivity contribution in [3.63, 3.8) is 0 Å². The topological polar surface area (TPSA) is 85.4 Å². The van der Waals surface area contributed by atoms with Crippen LogP contribution >= 0.6 is 0 Å². The van der Waals surface area contributed by atoms with Crippen LogP contribution in [0.5, 0.6) is 17.4 Å². The molecule has 1 aliphatic rings. The number of hydrogen-bond acceptors (Lipinski definition) is 5. The van der Waals surface area contributed by atoms with Gasteiger partial charge in [-0.1, -0.05) is 60.7 Å². The Hall–Kier alpha value is -4.13. The Morgan fingerprint density at radius 2 is 1.68 bits per heavy atom. The fourth-order valence-electron chi connectivity index (χ4n) is 3.60. The van der Waals surface area contributed by atoms with Gasteiger partial charge >= 0.3 is 5.91 Å². The number of rotatable bonds is 4. The molecule has 1 aliphatic heterocycles. The number of benzene rings is 3. The average molecular weight is 413 g/mol. The summed E-state index contributed by atoms with van der Waals surface area (Å²) in [6, 6.07) is 24.4. The summed E-state index contributed by atoms with van der Waals surface area (Å²) in [7, 11) is 0. The first-order chi connectivity index (χ1) is 15.2. The minimum absolute atomic E-state index is 0.0484. The number of fused-ring (bicyclic) bond motifs is 2. The predicted octanol–water partition coefficient (Wildman–Crippen LogP) is 4.85. The summed E-state index contributed by atoms with van der Waals surface area (Å²) in [5.74, 6) is 0.455. The molecule has 4 aromatic rings. The zero-order valence-corrected chi connectivity index (χ0v) is 16.5. The lowest BCUT2D eigenvalue weighted by molar-refractivity contribution is -0.127. The molecule has 7 nitrogen and oxygen atoms in total. The van der Waals surface area contributed by atoms with E-state index in [9.17, 15) is 9.90 Å². The van der Waals surface area contributed by atoms with Gasteiger partial charge in [0.15, 0.2) is 17.2 Å². The number of aromatic hydroxyl groups is 1. The highest BCUT2D eigenvalue weighted by Gasteiger charge is 2.27. The molecule has 154 valence electrons. The molecular formula is C24H19N3O4. The minimum atomic E-state index is -0.890. The second kappa shape index (κ2) is 7.95. The van der Waals surface area contributed by atoms with Crippen molar-refractivity contribution in [3.8, 4) is 17.4 Å². The fraction of sp³-hybridized carbons (Fsp3) is 0.125. The molecule has 0 radical (unpaired) electrons. The van der Waals surface area contributed by atoms with Gasteiger partial charge in [-0.3, -0.25) is 4.79 Å².